The van der Waals surface area contributed by atoms with E-state index in [1.54, 1.807) is 36.4 Å². The number of imidazole rings is 1. The molecule has 7 heteroatoms. The number of hydrogen-bond acceptors (Lipinski definition) is 2. The second-order valence-electron chi connectivity index (χ2n) is 4.40. The van der Waals surface area contributed by atoms with Gasteiger partial charge in [0.1, 0.15) is 5.82 Å². The van der Waals surface area contributed by atoms with Crippen LogP contribution in [0.15, 0.2) is 47.3 Å². The Balaban J connectivity index is 1.77. The van der Waals surface area contributed by atoms with Gasteiger partial charge in [0, 0.05) is 5.69 Å². The molecule has 3 rings (SSSR count). The van der Waals surface area contributed by atoms with Crippen molar-refractivity contribution in [3.05, 3.63) is 58.8 Å². The fraction of sp³-hybridized carbons (Fsp3) is 0. The molecule has 0 bridgehead atoms. The lowest BCUT2D eigenvalue weighted by Crippen LogP contribution is -2.19. The Morgan fingerprint density at radius 1 is 1.05 bits per heavy atom. The van der Waals surface area contributed by atoms with Crippen LogP contribution in [0.25, 0.3) is 11.0 Å². The summed E-state index contributed by atoms with van der Waals surface area (Å²) < 4.78 is 13.5. The van der Waals surface area contributed by atoms with Gasteiger partial charge in [-0.2, -0.15) is 0 Å². The Bertz CT molecular complexity index is 871. The highest BCUT2D eigenvalue weighted by atomic mass is 32.1. The monoisotopic (exact) mass is 302 g/mol. The minimum Gasteiger partial charge on any atom is -0.332 e. The molecule has 0 unspecified atom stereocenters. The summed E-state index contributed by atoms with van der Waals surface area (Å²) in [6.07, 6.45) is 0. The average Bonchev–Trinajstić information content (AvgIpc) is 2.80. The zero-order chi connectivity index (χ0) is 14.8. The van der Waals surface area contributed by atoms with Crippen molar-refractivity contribution in [2.75, 3.05) is 10.6 Å². The predicted molar refractivity (Wildman–Crippen MR) is 85.2 cm³/mol. The second-order valence-corrected chi connectivity index (χ2v) is 4.81. The van der Waals surface area contributed by atoms with Gasteiger partial charge >= 0.3 is 5.69 Å². The SMILES string of the molecule is O=c1[nH]c2ccc(NC(=S)Nc3ccccc3F)cc2[nH]1. The number of aromatic nitrogens is 2. The smallest absolute Gasteiger partial charge is 0.323 e. The van der Waals surface area contributed by atoms with Crippen LogP contribution in [0, 0.1) is 5.82 Å². The molecule has 0 fully saturated rings. The van der Waals surface area contributed by atoms with E-state index in [9.17, 15) is 9.18 Å². The quantitative estimate of drug-likeness (QED) is 0.549. The Kier molecular flexibility index (Phi) is 3.41. The lowest BCUT2D eigenvalue weighted by atomic mass is 10.3. The third-order valence-electron chi connectivity index (χ3n) is 2.90. The molecule has 0 saturated heterocycles. The summed E-state index contributed by atoms with van der Waals surface area (Å²) in [6, 6.07) is 11.5. The number of H-pyrrole nitrogens is 2. The zero-order valence-electron chi connectivity index (χ0n) is 10.7. The fourth-order valence-electron chi connectivity index (χ4n) is 1.96. The highest BCUT2D eigenvalue weighted by Crippen LogP contribution is 2.16. The molecule has 106 valence electrons. The summed E-state index contributed by atoms with van der Waals surface area (Å²) in [5.41, 5.74) is 2.09. The lowest BCUT2D eigenvalue weighted by Gasteiger charge is -2.11. The van der Waals surface area contributed by atoms with Gasteiger partial charge in [0.2, 0.25) is 0 Å². The molecule has 0 spiro atoms. The van der Waals surface area contributed by atoms with E-state index in [1.165, 1.54) is 6.07 Å². The maximum Gasteiger partial charge on any atom is 0.323 e. The molecule has 1 aromatic heterocycles. The first-order chi connectivity index (χ1) is 10.1. The number of nitrogens with one attached hydrogen (secondary N) is 4. The van der Waals surface area contributed by atoms with E-state index < -0.39 is 0 Å². The Hall–Kier alpha value is -2.67. The van der Waals surface area contributed by atoms with Crippen molar-refractivity contribution in [3.8, 4) is 0 Å². The van der Waals surface area contributed by atoms with Crippen LogP contribution in [0.3, 0.4) is 0 Å². The number of rotatable bonds is 2. The van der Waals surface area contributed by atoms with Crippen LogP contribution in [0.2, 0.25) is 0 Å². The molecule has 0 atom stereocenters. The van der Waals surface area contributed by atoms with E-state index in [-0.39, 0.29) is 16.6 Å². The van der Waals surface area contributed by atoms with Gasteiger partial charge in [-0.15, -0.1) is 0 Å². The lowest BCUT2D eigenvalue weighted by molar-refractivity contribution is 0.632. The Labute approximate surface area is 124 Å². The highest BCUT2D eigenvalue weighted by Gasteiger charge is 2.04. The molecule has 0 amide bonds. The molecule has 2 aromatic carbocycles. The minimum atomic E-state index is -0.382. The molecule has 3 aromatic rings. The van der Waals surface area contributed by atoms with Crippen LogP contribution in [0.5, 0.6) is 0 Å². The van der Waals surface area contributed by atoms with Crippen molar-refractivity contribution in [2.45, 2.75) is 0 Å². The van der Waals surface area contributed by atoms with E-state index >= 15 is 0 Å². The van der Waals surface area contributed by atoms with Crippen molar-refractivity contribution in [3.63, 3.8) is 0 Å². The number of benzene rings is 2. The van der Waals surface area contributed by atoms with Crippen LogP contribution < -0.4 is 16.3 Å². The maximum atomic E-state index is 13.5. The maximum absolute atomic E-state index is 13.5. The fourth-order valence-corrected chi connectivity index (χ4v) is 2.19. The molecule has 0 aliphatic carbocycles. The molecule has 0 radical (unpaired) electrons. The third-order valence-corrected chi connectivity index (χ3v) is 3.10. The normalized spacial score (nSPS) is 10.5. The van der Waals surface area contributed by atoms with Gasteiger partial charge in [-0.05, 0) is 42.5 Å². The third kappa shape index (κ3) is 2.92. The number of fused-ring (bicyclic) bond motifs is 1. The summed E-state index contributed by atoms with van der Waals surface area (Å²) in [4.78, 5) is 16.5. The summed E-state index contributed by atoms with van der Waals surface area (Å²) >= 11 is 5.14. The van der Waals surface area contributed by atoms with Crippen LogP contribution >= 0.6 is 12.2 Å². The number of hydrogen-bond donors (Lipinski definition) is 4. The van der Waals surface area contributed by atoms with Crippen molar-refractivity contribution < 1.29 is 4.39 Å². The van der Waals surface area contributed by atoms with Crippen LogP contribution in [0.1, 0.15) is 0 Å². The van der Waals surface area contributed by atoms with Crippen molar-refractivity contribution in [1.29, 1.82) is 0 Å². The summed E-state index contributed by atoms with van der Waals surface area (Å²) in [5.74, 6) is -0.382. The number of para-hydroxylation sites is 1. The van der Waals surface area contributed by atoms with E-state index in [1.807, 2.05) is 0 Å². The van der Waals surface area contributed by atoms with Crippen molar-refractivity contribution >= 4 is 39.7 Å². The first-order valence-corrected chi connectivity index (χ1v) is 6.57. The van der Waals surface area contributed by atoms with Crippen LogP contribution in [-0.2, 0) is 0 Å². The zero-order valence-corrected chi connectivity index (χ0v) is 11.6. The Morgan fingerprint density at radius 2 is 1.81 bits per heavy atom. The first kappa shape index (κ1) is 13.3. The summed E-state index contributed by atoms with van der Waals surface area (Å²) in [7, 11) is 0. The van der Waals surface area contributed by atoms with Gasteiger partial charge in [-0.25, -0.2) is 9.18 Å². The van der Waals surface area contributed by atoms with Gasteiger partial charge in [-0.1, -0.05) is 12.1 Å². The largest absolute Gasteiger partial charge is 0.332 e. The van der Waals surface area contributed by atoms with Gasteiger partial charge in [-0.3, -0.25) is 0 Å². The number of aromatic amines is 2. The van der Waals surface area contributed by atoms with Crippen LogP contribution in [-0.4, -0.2) is 15.1 Å². The number of thiocarbonyl (C=S) groups is 1. The van der Waals surface area contributed by atoms with E-state index in [0.29, 0.717) is 22.4 Å². The second kappa shape index (κ2) is 5.37. The van der Waals surface area contributed by atoms with Gasteiger partial charge in [0.25, 0.3) is 0 Å². The predicted octanol–water partition coefficient (Wildman–Crippen LogP) is 2.80. The molecular weight excluding hydrogens is 291 g/mol. The minimum absolute atomic E-state index is 0.261. The molecule has 21 heavy (non-hydrogen) atoms. The molecule has 4 N–H and O–H groups in total. The van der Waals surface area contributed by atoms with Crippen molar-refractivity contribution in [1.82, 2.24) is 9.97 Å². The molecular formula is C14H11FN4OS. The summed E-state index contributed by atoms with van der Waals surface area (Å²) in [5, 5.41) is 5.98. The van der Waals surface area contributed by atoms with E-state index in [0.717, 1.165) is 0 Å². The highest BCUT2D eigenvalue weighted by molar-refractivity contribution is 7.80. The molecule has 0 saturated carbocycles. The molecule has 5 nitrogen and oxygen atoms in total. The average molecular weight is 302 g/mol. The van der Waals surface area contributed by atoms with Gasteiger partial charge in [0.05, 0.1) is 16.7 Å². The molecule has 0 aliphatic heterocycles. The van der Waals surface area contributed by atoms with Crippen molar-refractivity contribution in [2.24, 2.45) is 0 Å². The number of anilines is 2. The Morgan fingerprint density at radius 3 is 2.62 bits per heavy atom. The topological polar surface area (TPSA) is 72.7 Å². The van der Waals surface area contributed by atoms with Gasteiger partial charge < -0.3 is 20.6 Å². The first-order valence-electron chi connectivity index (χ1n) is 6.16. The van der Waals surface area contributed by atoms with E-state index in [4.69, 9.17) is 12.2 Å². The molecule has 1 heterocycles. The number of halogens is 1. The standard InChI is InChI=1S/C14H11FN4OS/c15-9-3-1-2-4-10(9)19-14(21)16-8-5-6-11-12(7-8)18-13(20)17-11/h1-7H,(H2,16,19,21)(H2,17,18,20). The summed E-state index contributed by atoms with van der Waals surface area (Å²) in [6.45, 7) is 0. The van der Waals surface area contributed by atoms with Gasteiger partial charge in [0.15, 0.2) is 5.11 Å². The van der Waals surface area contributed by atoms with E-state index in [2.05, 4.69) is 20.6 Å². The van der Waals surface area contributed by atoms with Crippen LogP contribution in [0.4, 0.5) is 15.8 Å². The molecule has 0 aliphatic rings.